The third kappa shape index (κ3) is 8.69. The SMILES string of the molecule is CCOC(=O)c1cc(C#N)c(N2CCC(C(=O)NS(=O)(=O)Cc3ccccc3)CC2)nc1SCCNC(C)=O. The maximum atomic E-state index is 12.7. The fraction of sp³-hybridized carbons (Fsp3) is 0.423. The van der Waals surface area contributed by atoms with E-state index in [4.69, 9.17) is 4.74 Å². The number of anilines is 1. The van der Waals surface area contributed by atoms with Gasteiger partial charge in [0.15, 0.2) is 0 Å². The number of carbonyl (C=O) groups excluding carboxylic acids is 3. The third-order valence-electron chi connectivity index (χ3n) is 5.92. The predicted octanol–water partition coefficient (Wildman–Crippen LogP) is 2.22. The molecule has 1 aromatic carbocycles. The average Bonchev–Trinajstić information content (AvgIpc) is 2.90. The largest absolute Gasteiger partial charge is 0.462 e. The van der Waals surface area contributed by atoms with Gasteiger partial charge in [0.2, 0.25) is 21.8 Å². The Morgan fingerprint density at radius 3 is 2.51 bits per heavy atom. The Morgan fingerprint density at radius 2 is 1.90 bits per heavy atom. The molecule has 13 heteroatoms. The number of rotatable bonds is 11. The van der Waals surface area contributed by atoms with Crippen LogP contribution in [0, 0.1) is 17.2 Å². The molecule has 0 spiro atoms. The third-order valence-corrected chi connectivity index (χ3v) is 8.14. The van der Waals surface area contributed by atoms with Crippen LogP contribution < -0.4 is 14.9 Å². The number of nitrogens with zero attached hydrogens (tertiary/aromatic N) is 3. The molecule has 0 unspecified atom stereocenters. The Hall–Kier alpha value is -3.63. The van der Waals surface area contributed by atoms with E-state index in [9.17, 15) is 28.1 Å². The first-order valence-electron chi connectivity index (χ1n) is 12.5. The van der Waals surface area contributed by atoms with E-state index in [0.717, 1.165) is 0 Å². The van der Waals surface area contributed by atoms with Gasteiger partial charge in [-0.05, 0) is 31.4 Å². The highest BCUT2D eigenvalue weighted by atomic mass is 32.2. The summed E-state index contributed by atoms with van der Waals surface area (Å²) in [4.78, 5) is 42.9. The molecule has 0 aliphatic carbocycles. The zero-order chi connectivity index (χ0) is 28.4. The Balaban J connectivity index is 1.71. The van der Waals surface area contributed by atoms with E-state index in [-0.39, 0.29) is 29.4 Å². The van der Waals surface area contributed by atoms with E-state index >= 15 is 0 Å². The van der Waals surface area contributed by atoms with E-state index in [2.05, 4.69) is 21.1 Å². The lowest BCUT2D eigenvalue weighted by atomic mass is 9.96. The second kappa shape index (κ2) is 14.0. The summed E-state index contributed by atoms with van der Waals surface area (Å²) < 4.78 is 32.3. The number of benzene rings is 1. The van der Waals surface area contributed by atoms with Crippen LogP contribution in [0.4, 0.5) is 5.82 Å². The lowest BCUT2D eigenvalue weighted by molar-refractivity contribution is -0.123. The van der Waals surface area contributed by atoms with E-state index in [1.807, 2.05) is 4.90 Å². The number of thioether (sulfide) groups is 1. The molecule has 39 heavy (non-hydrogen) atoms. The van der Waals surface area contributed by atoms with Gasteiger partial charge < -0.3 is 15.0 Å². The van der Waals surface area contributed by atoms with E-state index in [1.54, 1.807) is 37.3 Å². The Morgan fingerprint density at radius 1 is 1.21 bits per heavy atom. The first kappa shape index (κ1) is 29.9. The molecule has 0 bridgehead atoms. The zero-order valence-electron chi connectivity index (χ0n) is 21.8. The van der Waals surface area contributed by atoms with Gasteiger partial charge >= 0.3 is 5.97 Å². The Kier molecular flexibility index (Phi) is 10.7. The molecular weight excluding hydrogens is 542 g/mol. The van der Waals surface area contributed by atoms with Crippen LogP contribution in [0.3, 0.4) is 0 Å². The summed E-state index contributed by atoms with van der Waals surface area (Å²) in [6.45, 7) is 4.36. The van der Waals surface area contributed by atoms with Crippen LogP contribution in [0.5, 0.6) is 0 Å². The molecule has 2 heterocycles. The molecule has 2 aromatic rings. The number of aromatic nitrogens is 1. The number of hydrogen-bond acceptors (Lipinski definition) is 10. The van der Waals surface area contributed by atoms with Crippen molar-refractivity contribution in [1.29, 1.82) is 5.26 Å². The molecule has 208 valence electrons. The highest BCUT2D eigenvalue weighted by Gasteiger charge is 2.30. The van der Waals surface area contributed by atoms with Crippen molar-refractivity contribution in [2.75, 3.05) is 36.9 Å². The lowest BCUT2D eigenvalue weighted by Gasteiger charge is -2.32. The number of ether oxygens (including phenoxy) is 1. The average molecular weight is 574 g/mol. The zero-order valence-corrected chi connectivity index (χ0v) is 23.4. The monoisotopic (exact) mass is 573 g/mol. The van der Waals surface area contributed by atoms with Gasteiger partial charge in [0.1, 0.15) is 16.9 Å². The van der Waals surface area contributed by atoms with Crippen LogP contribution in [-0.4, -0.2) is 63.2 Å². The molecule has 1 aliphatic rings. The normalized spacial score (nSPS) is 13.8. The molecule has 0 saturated carbocycles. The highest BCUT2D eigenvalue weighted by Crippen LogP contribution is 2.31. The van der Waals surface area contributed by atoms with E-state index < -0.39 is 27.8 Å². The number of nitrogens with one attached hydrogen (secondary N) is 2. The second-order valence-corrected chi connectivity index (χ2v) is 11.7. The van der Waals surface area contributed by atoms with Crippen molar-refractivity contribution < 1.29 is 27.5 Å². The molecule has 1 aliphatic heterocycles. The maximum absolute atomic E-state index is 12.7. The standard InChI is InChI=1S/C26H31N5O6S2/c1-3-37-26(34)22-15-21(16-27)23(29-25(22)38-14-11-28-18(2)32)31-12-9-20(10-13-31)24(33)30-39(35,36)17-19-7-5-4-6-8-19/h4-8,15,20H,3,9-14,17H2,1-2H3,(H,28,32)(H,30,33). The molecular formula is C26H31N5O6S2. The lowest BCUT2D eigenvalue weighted by Crippen LogP contribution is -2.43. The minimum atomic E-state index is -3.84. The van der Waals surface area contributed by atoms with Crippen molar-refractivity contribution >= 4 is 45.4 Å². The summed E-state index contributed by atoms with van der Waals surface area (Å²) in [7, 11) is -3.84. The van der Waals surface area contributed by atoms with Crippen LogP contribution in [0.1, 0.15) is 48.2 Å². The van der Waals surface area contributed by atoms with Crippen molar-refractivity contribution in [3.05, 3.63) is 53.1 Å². The van der Waals surface area contributed by atoms with Gasteiger partial charge in [0.05, 0.1) is 23.5 Å². The van der Waals surface area contributed by atoms with Crippen molar-refractivity contribution in [3.63, 3.8) is 0 Å². The highest BCUT2D eigenvalue weighted by molar-refractivity contribution is 7.99. The van der Waals surface area contributed by atoms with Gasteiger partial charge in [-0.1, -0.05) is 30.3 Å². The van der Waals surface area contributed by atoms with Crippen LogP contribution >= 0.6 is 11.8 Å². The van der Waals surface area contributed by atoms with Crippen LogP contribution in [0.25, 0.3) is 0 Å². The van der Waals surface area contributed by atoms with Gasteiger partial charge in [-0.2, -0.15) is 5.26 Å². The van der Waals surface area contributed by atoms with E-state index in [1.165, 1.54) is 24.8 Å². The Labute approximate surface area is 232 Å². The molecule has 1 fully saturated rings. The molecule has 2 amide bonds. The second-order valence-electron chi connectivity index (χ2n) is 8.85. The molecule has 1 aromatic heterocycles. The summed E-state index contributed by atoms with van der Waals surface area (Å²) in [6, 6.07) is 12.2. The molecule has 0 atom stereocenters. The minimum Gasteiger partial charge on any atom is -0.462 e. The van der Waals surface area contributed by atoms with E-state index in [0.29, 0.717) is 54.6 Å². The summed E-state index contributed by atoms with van der Waals surface area (Å²) in [6.07, 6.45) is 0.730. The van der Waals surface area contributed by atoms with Crippen LogP contribution in [-0.2, 0) is 30.1 Å². The smallest absolute Gasteiger partial charge is 0.340 e. The first-order valence-corrected chi connectivity index (χ1v) is 15.1. The first-order chi connectivity index (χ1) is 18.6. The summed E-state index contributed by atoms with van der Waals surface area (Å²) in [5.74, 6) is -1.29. The number of sulfonamides is 1. The van der Waals surface area contributed by atoms with Crippen LogP contribution in [0.2, 0.25) is 0 Å². The number of esters is 1. The molecule has 1 saturated heterocycles. The summed E-state index contributed by atoms with van der Waals surface area (Å²) in [5, 5.41) is 12.8. The number of piperidine rings is 1. The van der Waals surface area contributed by atoms with Gasteiger partial charge in [0, 0.05) is 38.2 Å². The molecule has 2 N–H and O–H groups in total. The van der Waals surface area contributed by atoms with Crippen molar-refractivity contribution in [2.45, 2.75) is 37.5 Å². The number of amides is 2. The maximum Gasteiger partial charge on any atom is 0.340 e. The number of carbonyl (C=O) groups is 3. The predicted molar refractivity (Wildman–Crippen MR) is 146 cm³/mol. The summed E-state index contributed by atoms with van der Waals surface area (Å²) in [5.41, 5.74) is 0.945. The molecule has 3 rings (SSSR count). The van der Waals surface area contributed by atoms with Crippen molar-refractivity contribution in [2.24, 2.45) is 5.92 Å². The molecule has 11 nitrogen and oxygen atoms in total. The number of hydrogen-bond donors (Lipinski definition) is 2. The number of nitriles is 1. The van der Waals surface area contributed by atoms with Crippen molar-refractivity contribution in [3.8, 4) is 6.07 Å². The Bertz CT molecular complexity index is 1340. The van der Waals surface area contributed by atoms with Gasteiger partial charge in [-0.3, -0.25) is 14.3 Å². The van der Waals surface area contributed by atoms with Gasteiger partial charge in [0.25, 0.3) is 0 Å². The number of pyridine rings is 1. The fourth-order valence-corrected chi connectivity index (χ4v) is 6.09. The van der Waals surface area contributed by atoms with Crippen LogP contribution in [0.15, 0.2) is 41.4 Å². The quantitative estimate of drug-likeness (QED) is 0.232. The van der Waals surface area contributed by atoms with Gasteiger partial charge in [-0.25, -0.2) is 18.2 Å². The van der Waals surface area contributed by atoms with Gasteiger partial charge in [-0.15, -0.1) is 11.8 Å². The van der Waals surface area contributed by atoms with Crippen molar-refractivity contribution in [1.82, 2.24) is 15.0 Å². The topological polar surface area (TPSA) is 159 Å². The fourth-order valence-electron chi connectivity index (χ4n) is 4.07. The summed E-state index contributed by atoms with van der Waals surface area (Å²) >= 11 is 1.26. The minimum absolute atomic E-state index is 0.162. The molecule has 0 radical (unpaired) electrons.